The van der Waals surface area contributed by atoms with Gasteiger partial charge in [0, 0.05) is 19.8 Å². The van der Waals surface area contributed by atoms with Crippen molar-refractivity contribution in [1.29, 1.82) is 0 Å². The highest BCUT2D eigenvalue weighted by Crippen LogP contribution is 2.06. The first-order valence-electron chi connectivity index (χ1n) is 4.74. The largest absolute Gasteiger partial charge is 0.476 e. The molecular weight excluding hydrogens is 200 g/mol. The summed E-state index contributed by atoms with van der Waals surface area (Å²) >= 11 is 0. The fraction of sp³-hybridized carbons (Fsp3) is 0.556. The Morgan fingerprint density at radius 1 is 1.73 bits per heavy atom. The van der Waals surface area contributed by atoms with Crippen LogP contribution in [0.15, 0.2) is 10.7 Å². The van der Waals surface area contributed by atoms with E-state index in [-0.39, 0.29) is 11.7 Å². The molecule has 84 valence electrons. The number of nitrogens with zero attached hydrogens (tertiary/aromatic N) is 1. The molecule has 0 aliphatic heterocycles. The summed E-state index contributed by atoms with van der Waals surface area (Å²) in [6.07, 6.45) is 1.92. The summed E-state index contributed by atoms with van der Waals surface area (Å²) in [4.78, 5) is 14.2. The first kappa shape index (κ1) is 11.5. The molecule has 0 spiro atoms. The van der Waals surface area contributed by atoms with E-state index in [1.165, 1.54) is 0 Å². The van der Waals surface area contributed by atoms with E-state index in [2.05, 4.69) is 10.3 Å². The summed E-state index contributed by atoms with van der Waals surface area (Å²) in [5.41, 5.74) is -0.0951. The van der Waals surface area contributed by atoms with Crippen molar-refractivity contribution in [2.24, 2.45) is 0 Å². The number of hydrogen-bond acceptors (Lipinski definition) is 5. The van der Waals surface area contributed by atoms with E-state index in [4.69, 9.17) is 14.3 Å². The maximum atomic E-state index is 10.5. The van der Waals surface area contributed by atoms with Crippen molar-refractivity contribution < 1.29 is 19.1 Å². The number of aromatic nitrogens is 1. The molecule has 0 amide bonds. The third-order valence-corrected chi connectivity index (χ3v) is 1.67. The van der Waals surface area contributed by atoms with Crippen LogP contribution in [-0.2, 0) is 4.74 Å². The smallest absolute Gasteiger partial charge is 0.357 e. The molecule has 1 aromatic heterocycles. The predicted molar refractivity (Wildman–Crippen MR) is 53.1 cm³/mol. The molecule has 1 rings (SSSR count). The van der Waals surface area contributed by atoms with Gasteiger partial charge < -0.3 is 19.6 Å². The van der Waals surface area contributed by atoms with E-state index in [0.717, 1.165) is 12.7 Å². The SMILES string of the molecule is CCOCCCNc1nc(C(=O)O)co1. The zero-order valence-electron chi connectivity index (χ0n) is 8.52. The van der Waals surface area contributed by atoms with E-state index >= 15 is 0 Å². The van der Waals surface area contributed by atoms with E-state index in [1.807, 2.05) is 6.92 Å². The van der Waals surface area contributed by atoms with Crippen molar-refractivity contribution in [3.8, 4) is 0 Å². The fourth-order valence-corrected chi connectivity index (χ4v) is 0.967. The highest BCUT2D eigenvalue weighted by Gasteiger charge is 2.09. The van der Waals surface area contributed by atoms with Gasteiger partial charge in [-0.25, -0.2) is 4.79 Å². The van der Waals surface area contributed by atoms with Crippen LogP contribution in [0.1, 0.15) is 23.8 Å². The van der Waals surface area contributed by atoms with Crippen LogP contribution in [0.5, 0.6) is 0 Å². The molecule has 6 nitrogen and oxygen atoms in total. The lowest BCUT2D eigenvalue weighted by Crippen LogP contribution is -2.06. The highest BCUT2D eigenvalue weighted by atomic mass is 16.5. The van der Waals surface area contributed by atoms with Crippen LogP contribution in [0.3, 0.4) is 0 Å². The Hall–Kier alpha value is -1.56. The van der Waals surface area contributed by atoms with Gasteiger partial charge in [0.05, 0.1) is 0 Å². The molecule has 1 heterocycles. The number of oxazole rings is 1. The lowest BCUT2D eigenvalue weighted by molar-refractivity contribution is 0.0690. The van der Waals surface area contributed by atoms with Crippen molar-refractivity contribution in [3.05, 3.63) is 12.0 Å². The molecule has 0 aromatic carbocycles. The van der Waals surface area contributed by atoms with Crippen LogP contribution < -0.4 is 5.32 Å². The fourth-order valence-electron chi connectivity index (χ4n) is 0.967. The summed E-state index contributed by atoms with van der Waals surface area (Å²) in [6, 6.07) is 0.226. The van der Waals surface area contributed by atoms with Crippen molar-refractivity contribution >= 4 is 12.0 Å². The minimum absolute atomic E-state index is 0.0951. The molecular formula is C9H14N2O4. The number of anilines is 1. The predicted octanol–water partition coefficient (Wildman–Crippen LogP) is 1.21. The second-order valence-electron chi connectivity index (χ2n) is 2.82. The quantitative estimate of drug-likeness (QED) is 0.663. The number of carboxylic acids is 1. The Labute approximate surface area is 87.3 Å². The minimum atomic E-state index is -1.10. The number of nitrogens with one attached hydrogen (secondary N) is 1. The summed E-state index contributed by atoms with van der Waals surface area (Å²) in [5, 5.41) is 11.4. The number of hydrogen-bond donors (Lipinski definition) is 2. The van der Waals surface area contributed by atoms with Gasteiger partial charge in [-0.2, -0.15) is 4.98 Å². The molecule has 0 atom stereocenters. The summed E-state index contributed by atoms with van der Waals surface area (Å²) in [5.74, 6) is -1.10. The van der Waals surface area contributed by atoms with Gasteiger partial charge in [0.1, 0.15) is 6.26 Å². The summed E-state index contributed by atoms with van der Waals surface area (Å²) < 4.78 is 10.0. The first-order valence-corrected chi connectivity index (χ1v) is 4.74. The van der Waals surface area contributed by atoms with Crippen LogP contribution >= 0.6 is 0 Å². The Bertz CT molecular complexity index is 311. The molecule has 2 N–H and O–H groups in total. The van der Waals surface area contributed by atoms with Gasteiger partial charge in [-0.05, 0) is 13.3 Å². The van der Waals surface area contributed by atoms with Gasteiger partial charge in [0.15, 0.2) is 5.69 Å². The van der Waals surface area contributed by atoms with E-state index in [1.54, 1.807) is 0 Å². The molecule has 0 aliphatic rings. The minimum Gasteiger partial charge on any atom is -0.476 e. The zero-order chi connectivity index (χ0) is 11.1. The van der Waals surface area contributed by atoms with Crippen LogP contribution in [0.4, 0.5) is 6.01 Å². The van der Waals surface area contributed by atoms with Gasteiger partial charge in [0.25, 0.3) is 6.01 Å². The van der Waals surface area contributed by atoms with Crippen molar-refractivity contribution in [1.82, 2.24) is 4.98 Å². The topological polar surface area (TPSA) is 84.6 Å². The Kier molecular flexibility index (Phi) is 4.62. The second-order valence-corrected chi connectivity index (χ2v) is 2.82. The van der Waals surface area contributed by atoms with Crippen molar-refractivity contribution in [2.45, 2.75) is 13.3 Å². The maximum Gasteiger partial charge on any atom is 0.357 e. The zero-order valence-corrected chi connectivity index (χ0v) is 8.52. The van der Waals surface area contributed by atoms with Gasteiger partial charge in [-0.1, -0.05) is 0 Å². The Morgan fingerprint density at radius 3 is 3.13 bits per heavy atom. The van der Waals surface area contributed by atoms with Crippen LogP contribution in [-0.4, -0.2) is 35.8 Å². The average molecular weight is 214 g/mol. The molecule has 6 heteroatoms. The number of carbonyl (C=O) groups is 1. The second kappa shape index (κ2) is 6.02. The summed E-state index contributed by atoms with van der Waals surface area (Å²) in [7, 11) is 0. The number of aromatic carboxylic acids is 1. The first-order chi connectivity index (χ1) is 7.24. The molecule has 1 aromatic rings. The molecule has 15 heavy (non-hydrogen) atoms. The molecule has 0 aliphatic carbocycles. The van der Waals surface area contributed by atoms with Crippen LogP contribution in [0.25, 0.3) is 0 Å². The maximum absolute atomic E-state index is 10.5. The lowest BCUT2D eigenvalue weighted by Gasteiger charge is -2.01. The standard InChI is InChI=1S/C9H14N2O4/c1-2-14-5-3-4-10-9-11-7(6-15-9)8(12)13/h6H,2-5H2,1H3,(H,10,11)(H,12,13). The van der Waals surface area contributed by atoms with Crippen LogP contribution in [0, 0.1) is 0 Å². The average Bonchev–Trinajstić information content (AvgIpc) is 2.66. The number of rotatable bonds is 7. The van der Waals surface area contributed by atoms with Gasteiger partial charge >= 0.3 is 5.97 Å². The molecule has 0 radical (unpaired) electrons. The third-order valence-electron chi connectivity index (χ3n) is 1.67. The monoisotopic (exact) mass is 214 g/mol. The Balaban J connectivity index is 2.23. The van der Waals surface area contributed by atoms with Gasteiger partial charge in [-0.15, -0.1) is 0 Å². The molecule has 0 saturated carbocycles. The molecule has 0 saturated heterocycles. The number of carboxylic acid groups (broad SMARTS) is 1. The highest BCUT2D eigenvalue weighted by molar-refractivity contribution is 5.85. The molecule has 0 unspecified atom stereocenters. The van der Waals surface area contributed by atoms with E-state index < -0.39 is 5.97 Å². The molecule has 0 bridgehead atoms. The van der Waals surface area contributed by atoms with Gasteiger partial charge in [0.2, 0.25) is 0 Å². The van der Waals surface area contributed by atoms with E-state index in [0.29, 0.717) is 19.8 Å². The van der Waals surface area contributed by atoms with Crippen molar-refractivity contribution in [2.75, 3.05) is 25.1 Å². The Morgan fingerprint density at radius 2 is 2.53 bits per heavy atom. The molecule has 0 fully saturated rings. The third kappa shape index (κ3) is 3.99. The normalized spacial score (nSPS) is 10.2. The number of ether oxygens (including phenoxy) is 1. The van der Waals surface area contributed by atoms with Gasteiger partial charge in [-0.3, -0.25) is 0 Å². The van der Waals surface area contributed by atoms with Crippen molar-refractivity contribution in [3.63, 3.8) is 0 Å². The summed E-state index contributed by atoms with van der Waals surface area (Å²) in [6.45, 7) is 3.93. The van der Waals surface area contributed by atoms with E-state index in [9.17, 15) is 4.79 Å². The lowest BCUT2D eigenvalue weighted by atomic mass is 10.4. The van der Waals surface area contributed by atoms with Crippen LogP contribution in [0.2, 0.25) is 0 Å².